The summed E-state index contributed by atoms with van der Waals surface area (Å²) in [4.78, 5) is 0. The van der Waals surface area contributed by atoms with Crippen LogP contribution in [0.5, 0.6) is 0 Å². The number of hydrogen-bond donors (Lipinski definition) is 1. The quantitative estimate of drug-likeness (QED) is 0.629. The normalized spacial score (nSPS) is 27.7. The van der Waals surface area contributed by atoms with E-state index in [9.17, 15) is 5.11 Å². The second-order valence-corrected chi connectivity index (χ2v) is 11.8. The van der Waals surface area contributed by atoms with Gasteiger partial charge in [-0.25, -0.2) is 0 Å². The van der Waals surface area contributed by atoms with Crippen LogP contribution < -0.4 is 0 Å². The minimum absolute atomic E-state index is 0.643. The van der Waals surface area contributed by atoms with Crippen molar-refractivity contribution in [2.24, 2.45) is 0 Å². The molecule has 0 aromatic carbocycles. The van der Waals surface area contributed by atoms with Gasteiger partial charge in [0.05, 0.1) is 0 Å². The molecule has 1 rings (SSSR count). The van der Waals surface area contributed by atoms with Gasteiger partial charge in [-0.05, 0) is 0 Å². The molecule has 1 N–H and O–H groups in total. The molecule has 0 radical (unpaired) electrons. The molecule has 0 aromatic rings. The molecule has 68 valence electrons. The second kappa shape index (κ2) is 4.16. The molecule has 2 nitrogen and oxygen atoms in total. The molecule has 2 unspecified atom stereocenters. The van der Waals surface area contributed by atoms with Gasteiger partial charge in [-0.3, -0.25) is 0 Å². The number of rotatable bonds is 3. The summed E-state index contributed by atoms with van der Waals surface area (Å²) in [5.74, 6) is -0.860. The molecule has 12 heavy (non-hydrogen) atoms. The molecule has 3 heteroatoms. The first-order chi connectivity index (χ1) is 5.55. The summed E-state index contributed by atoms with van der Waals surface area (Å²) in [6.07, 6.45) is 5.12. The Bertz CT molecular complexity index is 177. The molecular weight excluding hydrogens is 255 g/mol. The van der Waals surface area contributed by atoms with E-state index in [0.717, 1.165) is 4.18 Å². The zero-order valence-corrected chi connectivity index (χ0v) is 11.4. The summed E-state index contributed by atoms with van der Waals surface area (Å²) >= 11 is -1.87. The van der Waals surface area contributed by atoms with E-state index in [0.29, 0.717) is 10.1 Å². The van der Waals surface area contributed by atoms with E-state index in [1.165, 1.54) is 0 Å². The van der Waals surface area contributed by atoms with Crippen molar-refractivity contribution in [2.45, 2.75) is 40.8 Å². The van der Waals surface area contributed by atoms with Crippen molar-refractivity contribution in [3.63, 3.8) is 0 Å². The van der Waals surface area contributed by atoms with Crippen molar-refractivity contribution in [3.05, 3.63) is 12.2 Å². The molecular formula is C9H17InO2. The predicted octanol–water partition coefficient (Wildman–Crippen LogP) is 2.07. The van der Waals surface area contributed by atoms with E-state index in [4.69, 9.17) is 2.85 Å². The van der Waals surface area contributed by atoms with Crippen LogP contribution in [0.3, 0.4) is 0 Å². The van der Waals surface area contributed by atoms with Crippen LogP contribution in [0.25, 0.3) is 0 Å². The molecule has 0 aromatic heterocycles. The van der Waals surface area contributed by atoms with Gasteiger partial charge in [0.2, 0.25) is 0 Å². The van der Waals surface area contributed by atoms with Crippen molar-refractivity contribution in [1.29, 1.82) is 0 Å². The Hall–Kier alpha value is 0.530. The van der Waals surface area contributed by atoms with E-state index in [1.54, 1.807) is 6.92 Å². The Morgan fingerprint density at radius 3 is 2.83 bits per heavy atom. The van der Waals surface area contributed by atoms with Crippen LogP contribution in [0.15, 0.2) is 12.2 Å². The van der Waals surface area contributed by atoms with E-state index in [-0.39, 0.29) is 0 Å². The van der Waals surface area contributed by atoms with Crippen LogP contribution in [0.4, 0.5) is 0 Å². The Balaban J connectivity index is 2.41. The summed E-state index contributed by atoms with van der Waals surface area (Å²) < 4.78 is 7.54. The van der Waals surface area contributed by atoms with Crippen molar-refractivity contribution in [1.82, 2.24) is 0 Å². The number of aliphatic hydroxyl groups is 1. The van der Waals surface area contributed by atoms with Gasteiger partial charge in [0, 0.05) is 0 Å². The molecule has 0 spiro atoms. The summed E-state index contributed by atoms with van der Waals surface area (Å²) in [6.45, 7) is 5.93. The monoisotopic (exact) mass is 272 g/mol. The van der Waals surface area contributed by atoms with Crippen molar-refractivity contribution < 1.29 is 7.96 Å². The van der Waals surface area contributed by atoms with Crippen LogP contribution in [0, 0.1) is 0 Å². The fourth-order valence-corrected chi connectivity index (χ4v) is 8.15. The van der Waals surface area contributed by atoms with Gasteiger partial charge < -0.3 is 0 Å². The third-order valence-corrected chi connectivity index (χ3v) is 10.9. The Kier molecular flexibility index (Phi) is 3.68. The van der Waals surface area contributed by atoms with E-state index in [2.05, 4.69) is 19.1 Å². The maximum absolute atomic E-state index is 9.70. The molecule has 2 atom stereocenters. The maximum atomic E-state index is 9.70. The van der Waals surface area contributed by atoms with Gasteiger partial charge >= 0.3 is 82.8 Å². The summed E-state index contributed by atoms with van der Waals surface area (Å²) in [5.41, 5.74) is 0. The standard InChI is InChI=1S/C5H8.C4H9O2.In/c1-3-5-4-2;1-3-4(2,5)6;/h3-5H,1H2,2H3;5H,3H2,1-2H3;/q;-1;+1. The molecule has 0 fully saturated rings. The van der Waals surface area contributed by atoms with Gasteiger partial charge in [-0.1, -0.05) is 0 Å². The molecule has 0 saturated carbocycles. The van der Waals surface area contributed by atoms with Gasteiger partial charge in [-0.15, -0.1) is 0 Å². The van der Waals surface area contributed by atoms with Gasteiger partial charge in [-0.2, -0.15) is 0 Å². The van der Waals surface area contributed by atoms with Crippen LogP contribution >= 0.6 is 0 Å². The SMILES string of the molecule is CCC(C)(O)[O][In]1[CH2]C=C[CH]1C. The molecule has 1 aliphatic heterocycles. The average molecular weight is 272 g/mol. The molecule has 0 amide bonds. The third kappa shape index (κ3) is 2.79. The molecule has 1 heterocycles. The van der Waals surface area contributed by atoms with Crippen molar-refractivity contribution in [3.8, 4) is 0 Å². The Labute approximate surface area is 82.8 Å². The molecule has 0 saturated heterocycles. The Morgan fingerprint density at radius 2 is 2.42 bits per heavy atom. The molecule has 0 bridgehead atoms. The predicted molar refractivity (Wildman–Crippen MR) is 51.1 cm³/mol. The summed E-state index contributed by atoms with van der Waals surface area (Å²) in [5, 5.41) is 9.70. The minimum atomic E-state index is -1.87. The van der Waals surface area contributed by atoms with Crippen molar-refractivity contribution in [2.75, 3.05) is 0 Å². The second-order valence-electron chi connectivity index (χ2n) is 3.71. The van der Waals surface area contributed by atoms with E-state index < -0.39 is 27.7 Å². The fraction of sp³-hybridized carbons (Fsp3) is 0.778. The first-order valence-electron chi connectivity index (χ1n) is 4.62. The van der Waals surface area contributed by atoms with E-state index >= 15 is 0 Å². The first-order valence-corrected chi connectivity index (χ1v) is 10.2. The van der Waals surface area contributed by atoms with Crippen LogP contribution in [0.2, 0.25) is 7.85 Å². The topological polar surface area (TPSA) is 29.5 Å². The van der Waals surface area contributed by atoms with Crippen LogP contribution in [0.1, 0.15) is 27.2 Å². The summed E-state index contributed by atoms with van der Waals surface area (Å²) in [7, 11) is 0. The van der Waals surface area contributed by atoms with Crippen LogP contribution in [-0.2, 0) is 2.85 Å². The third-order valence-electron chi connectivity index (χ3n) is 2.46. The first kappa shape index (κ1) is 10.6. The number of hydrogen-bond acceptors (Lipinski definition) is 2. The van der Waals surface area contributed by atoms with Crippen LogP contribution in [-0.4, -0.2) is 32.8 Å². The van der Waals surface area contributed by atoms with Gasteiger partial charge in [0.15, 0.2) is 0 Å². The summed E-state index contributed by atoms with van der Waals surface area (Å²) in [6, 6.07) is 0. The molecule has 1 aliphatic rings. The van der Waals surface area contributed by atoms with E-state index in [1.807, 2.05) is 6.92 Å². The average Bonchev–Trinajstić information content (AvgIpc) is 2.36. The molecule has 0 aliphatic carbocycles. The fourth-order valence-electron chi connectivity index (χ4n) is 1.33. The Morgan fingerprint density at radius 1 is 1.75 bits per heavy atom. The number of allylic oxidation sites excluding steroid dienone is 2. The van der Waals surface area contributed by atoms with Gasteiger partial charge in [0.25, 0.3) is 0 Å². The zero-order valence-electron chi connectivity index (χ0n) is 8.08. The van der Waals surface area contributed by atoms with Crippen molar-refractivity contribution >= 4 is 21.9 Å². The zero-order chi connectivity index (χ0) is 9.19. The van der Waals surface area contributed by atoms with Gasteiger partial charge in [0.1, 0.15) is 0 Å².